The van der Waals surface area contributed by atoms with Gasteiger partial charge in [0.05, 0.1) is 11.4 Å². The van der Waals surface area contributed by atoms with Crippen molar-refractivity contribution in [2.75, 3.05) is 6.54 Å². The molecule has 12 heavy (non-hydrogen) atoms. The van der Waals surface area contributed by atoms with E-state index in [1.165, 1.54) is 30.7 Å². The Morgan fingerprint density at radius 3 is 3.08 bits per heavy atom. The average molecular weight is 162 g/mol. The van der Waals surface area contributed by atoms with Crippen LogP contribution in [0.25, 0.3) is 0 Å². The Hall–Kier alpha value is -1.05. The van der Waals surface area contributed by atoms with Gasteiger partial charge in [0.25, 0.3) is 0 Å². The molecule has 0 radical (unpaired) electrons. The lowest BCUT2D eigenvalue weighted by atomic mass is 10.1. The van der Waals surface area contributed by atoms with Crippen molar-refractivity contribution in [2.45, 2.75) is 25.7 Å². The minimum atomic E-state index is 1.01. The van der Waals surface area contributed by atoms with Gasteiger partial charge in [0.2, 0.25) is 0 Å². The van der Waals surface area contributed by atoms with Gasteiger partial charge < -0.3 is 4.98 Å². The monoisotopic (exact) mass is 162 g/mol. The fourth-order valence-electron chi connectivity index (χ4n) is 1.60. The van der Waals surface area contributed by atoms with Gasteiger partial charge in [-0.15, -0.1) is 0 Å². The predicted molar refractivity (Wildman–Crippen MR) is 50.7 cm³/mol. The highest BCUT2D eigenvalue weighted by atomic mass is 14.8. The minimum absolute atomic E-state index is 1.01. The number of rotatable bonds is 1. The van der Waals surface area contributed by atoms with E-state index in [2.05, 4.69) is 16.0 Å². The van der Waals surface area contributed by atoms with E-state index in [0.29, 0.717) is 0 Å². The Labute approximate surface area is 72.7 Å². The van der Waals surface area contributed by atoms with E-state index in [-0.39, 0.29) is 0 Å². The third kappa shape index (κ3) is 1.58. The molecule has 1 aliphatic heterocycles. The molecule has 0 fully saturated rings. The van der Waals surface area contributed by atoms with Gasteiger partial charge in [0.1, 0.15) is 0 Å². The van der Waals surface area contributed by atoms with Crippen molar-refractivity contribution in [2.24, 2.45) is 4.99 Å². The fraction of sp³-hybridized carbons (Fsp3) is 0.500. The summed E-state index contributed by atoms with van der Waals surface area (Å²) >= 11 is 0. The van der Waals surface area contributed by atoms with Gasteiger partial charge in [-0.3, -0.25) is 4.99 Å². The summed E-state index contributed by atoms with van der Waals surface area (Å²) in [7, 11) is 0. The van der Waals surface area contributed by atoms with Gasteiger partial charge in [0.15, 0.2) is 0 Å². The minimum Gasteiger partial charge on any atom is -0.360 e. The van der Waals surface area contributed by atoms with E-state index in [0.717, 1.165) is 13.0 Å². The number of nitrogens with one attached hydrogen (secondary N) is 1. The Bertz CT molecular complexity index is 259. The molecule has 0 amide bonds. The van der Waals surface area contributed by atoms with Crippen LogP contribution in [0.15, 0.2) is 23.3 Å². The summed E-state index contributed by atoms with van der Waals surface area (Å²) in [6, 6.07) is 4.13. The van der Waals surface area contributed by atoms with Crippen molar-refractivity contribution in [3.63, 3.8) is 0 Å². The largest absolute Gasteiger partial charge is 0.360 e. The Kier molecular flexibility index (Phi) is 2.26. The molecule has 0 unspecified atom stereocenters. The molecule has 2 heterocycles. The first-order chi connectivity index (χ1) is 5.97. The molecule has 0 atom stereocenters. The van der Waals surface area contributed by atoms with E-state index in [9.17, 15) is 0 Å². The average Bonchev–Trinajstić information content (AvgIpc) is 2.48. The van der Waals surface area contributed by atoms with Crippen LogP contribution in [0.3, 0.4) is 0 Å². The zero-order valence-electron chi connectivity index (χ0n) is 7.21. The maximum atomic E-state index is 4.55. The highest BCUT2D eigenvalue weighted by Gasteiger charge is 2.06. The molecular weight excluding hydrogens is 148 g/mol. The third-order valence-electron chi connectivity index (χ3n) is 2.28. The molecule has 2 nitrogen and oxygen atoms in total. The number of aromatic nitrogens is 1. The molecule has 0 saturated heterocycles. The van der Waals surface area contributed by atoms with Crippen LogP contribution in [0, 0.1) is 0 Å². The van der Waals surface area contributed by atoms with Crippen LogP contribution in [0.2, 0.25) is 0 Å². The second-order valence-electron chi connectivity index (χ2n) is 3.22. The van der Waals surface area contributed by atoms with Crippen LogP contribution in [0.4, 0.5) is 0 Å². The van der Waals surface area contributed by atoms with Crippen molar-refractivity contribution in [3.05, 3.63) is 24.0 Å². The highest BCUT2D eigenvalue weighted by molar-refractivity contribution is 5.99. The van der Waals surface area contributed by atoms with Crippen LogP contribution in [0.1, 0.15) is 31.4 Å². The van der Waals surface area contributed by atoms with Crippen molar-refractivity contribution >= 4 is 5.71 Å². The summed E-state index contributed by atoms with van der Waals surface area (Å²) in [5.41, 5.74) is 2.47. The zero-order valence-corrected chi connectivity index (χ0v) is 7.21. The third-order valence-corrected chi connectivity index (χ3v) is 2.28. The normalized spacial score (nSPS) is 18.5. The van der Waals surface area contributed by atoms with E-state index < -0.39 is 0 Å². The second-order valence-corrected chi connectivity index (χ2v) is 3.22. The first-order valence-electron chi connectivity index (χ1n) is 4.64. The van der Waals surface area contributed by atoms with E-state index in [1.54, 1.807) is 0 Å². The molecule has 2 rings (SSSR count). The predicted octanol–water partition coefficient (Wildman–Crippen LogP) is 2.38. The van der Waals surface area contributed by atoms with Crippen LogP contribution < -0.4 is 0 Å². The summed E-state index contributed by atoms with van der Waals surface area (Å²) in [5.74, 6) is 0. The first-order valence-corrected chi connectivity index (χ1v) is 4.64. The Balaban J connectivity index is 2.16. The lowest BCUT2D eigenvalue weighted by molar-refractivity contribution is 0.731. The number of aromatic amines is 1. The molecule has 0 saturated carbocycles. The van der Waals surface area contributed by atoms with Crippen molar-refractivity contribution in [1.82, 2.24) is 4.98 Å². The zero-order chi connectivity index (χ0) is 8.23. The van der Waals surface area contributed by atoms with Gasteiger partial charge >= 0.3 is 0 Å². The van der Waals surface area contributed by atoms with Gasteiger partial charge in [0, 0.05) is 12.7 Å². The van der Waals surface area contributed by atoms with Crippen LogP contribution in [-0.2, 0) is 0 Å². The summed E-state index contributed by atoms with van der Waals surface area (Å²) in [4.78, 5) is 7.75. The molecule has 0 aromatic carbocycles. The maximum absolute atomic E-state index is 4.55. The topological polar surface area (TPSA) is 28.1 Å². The van der Waals surface area contributed by atoms with Crippen molar-refractivity contribution in [3.8, 4) is 0 Å². The molecule has 0 aliphatic carbocycles. The molecule has 64 valence electrons. The SMILES string of the molecule is c1c[nH]c(C2=NCCCCC2)c1. The molecule has 1 aliphatic rings. The Morgan fingerprint density at radius 2 is 2.25 bits per heavy atom. The number of nitrogens with zero attached hydrogens (tertiary/aromatic N) is 1. The molecule has 1 aromatic rings. The standard InChI is InChI=1S/C10H14N2/c1-2-5-9(11-7-3-1)10-6-4-8-12-10/h4,6,8,12H,1-3,5,7H2. The number of hydrogen-bond acceptors (Lipinski definition) is 1. The van der Waals surface area contributed by atoms with E-state index >= 15 is 0 Å². The second kappa shape index (κ2) is 3.57. The number of aliphatic imine (C=N–C) groups is 1. The van der Waals surface area contributed by atoms with Crippen LogP contribution in [-0.4, -0.2) is 17.2 Å². The molecule has 1 N–H and O–H groups in total. The lowest BCUT2D eigenvalue weighted by Crippen LogP contribution is -1.99. The summed E-state index contributed by atoms with van der Waals surface area (Å²) in [6.07, 6.45) is 6.97. The maximum Gasteiger partial charge on any atom is 0.0594 e. The quantitative estimate of drug-likeness (QED) is 0.656. The molecular formula is C10H14N2. The molecule has 1 aromatic heterocycles. The molecule has 0 bridgehead atoms. The van der Waals surface area contributed by atoms with E-state index in [1.807, 2.05) is 12.3 Å². The van der Waals surface area contributed by atoms with Crippen LogP contribution in [0.5, 0.6) is 0 Å². The summed E-state index contributed by atoms with van der Waals surface area (Å²) in [6.45, 7) is 1.01. The summed E-state index contributed by atoms with van der Waals surface area (Å²) < 4.78 is 0. The van der Waals surface area contributed by atoms with Gasteiger partial charge in [-0.25, -0.2) is 0 Å². The molecule has 0 spiro atoms. The molecule has 2 heteroatoms. The van der Waals surface area contributed by atoms with Crippen molar-refractivity contribution < 1.29 is 0 Å². The van der Waals surface area contributed by atoms with E-state index in [4.69, 9.17) is 0 Å². The van der Waals surface area contributed by atoms with Gasteiger partial charge in [-0.05, 0) is 31.4 Å². The number of hydrogen-bond donors (Lipinski definition) is 1. The number of H-pyrrole nitrogens is 1. The van der Waals surface area contributed by atoms with Gasteiger partial charge in [-0.1, -0.05) is 6.42 Å². The van der Waals surface area contributed by atoms with Crippen molar-refractivity contribution in [1.29, 1.82) is 0 Å². The van der Waals surface area contributed by atoms with Crippen LogP contribution >= 0.6 is 0 Å². The Morgan fingerprint density at radius 1 is 1.25 bits per heavy atom. The lowest BCUT2D eigenvalue weighted by Gasteiger charge is -1.99. The summed E-state index contributed by atoms with van der Waals surface area (Å²) in [5, 5.41) is 0. The first kappa shape index (κ1) is 7.59. The smallest absolute Gasteiger partial charge is 0.0594 e. The highest BCUT2D eigenvalue weighted by Crippen LogP contribution is 2.11. The van der Waals surface area contributed by atoms with Gasteiger partial charge in [-0.2, -0.15) is 0 Å². The fourth-order valence-corrected chi connectivity index (χ4v) is 1.60.